The molecule has 98 valence electrons. The van der Waals surface area contributed by atoms with E-state index in [-0.39, 0.29) is 5.78 Å². The largest absolute Gasteiger partial charge is 0.493 e. The first-order chi connectivity index (χ1) is 9.15. The van der Waals surface area contributed by atoms with Crippen LogP contribution in [0.4, 0.5) is 0 Å². The Morgan fingerprint density at radius 3 is 3.00 bits per heavy atom. The lowest BCUT2D eigenvalue weighted by atomic mass is 10.0. The van der Waals surface area contributed by atoms with Gasteiger partial charge < -0.3 is 9.15 Å². The van der Waals surface area contributed by atoms with Crippen molar-refractivity contribution < 1.29 is 13.9 Å². The first-order valence-corrected chi connectivity index (χ1v) is 6.96. The molecule has 4 heteroatoms. The van der Waals surface area contributed by atoms with Crippen LogP contribution in [0.2, 0.25) is 0 Å². The van der Waals surface area contributed by atoms with E-state index >= 15 is 0 Å². The Kier molecular flexibility index (Phi) is 3.19. The number of ketones is 1. The van der Waals surface area contributed by atoms with Crippen molar-refractivity contribution in [1.29, 1.82) is 0 Å². The molecule has 0 saturated heterocycles. The fraction of sp³-hybridized carbons (Fsp3) is 0.267. The van der Waals surface area contributed by atoms with Crippen LogP contribution in [0.25, 0.3) is 0 Å². The number of Topliss-reactive ketones (excluding diaryl/α,β-unsaturated/α-hetero) is 1. The van der Waals surface area contributed by atoms with Crippen molar-refractivity contribution in [3.8, 4) is 5.75 Å². The Morgan fingerprint density at radius 2 is 2.26 bits per heavy atom. The lowest BCUT2D eigenvalue weighted by Crippen LogP contribution is -2.05. The number of fused-ring (bicyclic) bond motifs is 1. The average Bonchev–Trinajstić information content (AvgIpc) is 2.97. The van der Waals surface area contributed by atoms with Crippen LogP contribution >= 0.6 is 15.9 Å². The molecule has 0 amide bonds. The van der Waals surface area contributed by atoms with E-state index in [9.17, 15) is 4.79 Å². The van der Waals surface area contributed by atoms with Gasteiger partial charge in [0.15, 0.2) is 5.76 Å². The van der Waals surface area contributed by atoms with Crippen LogP contribution in [-0.4, -0.2) is 12.4 Å². The standard InChI is InChI=1S/C15H13BrO3/c1-9-2-4-18-14(9)13(17)8-11-7-12(16)6-10-3-5-19-15(10)11/h2,4,6-7H,3,5,8H2,1H3. The molecule has 0 unspecified atom stereocenters. The SMILES string of the molecule is Cc1ccoc1C(=O)Cc1cc(Br)cc2c1OCC2. The van der Waals surface area contributed by atoms with Crippen LogP contribution in [0.3, 0.4) is 0 Å². The second kappa shape index (κ2) is 4.85. The van der Waals surface area contributed by atoms with E-state index in [1.165, 1.54) is 0 Å². The number of aryl methyl sites for hydroxylation is 1. The zero-order valence-corrected chi connectivity index (χ0v) is 12.1. The van der Waals surface area contributed by atoms with Crippen molar-refractivity contribution in [2.45, 2.75) is 19.8 Å². The van der Waals surface area contributed by atoms with E-state index < -0.39 is 0 Å². The summed E-state index contributed by atoms with van der Waals surface area (Å²) in [4.78, 5) is 12.2. The molecule has 19 heavy (non-hydrogen) atoms. The highest BCUT2D eigenvalue weighted by molar-refractivity contribution is 9.10. The van der Waals surface area contributed by atoms with E-state index in [4.69, 9.17) is 9.15 Å². The molecule has 1 aliphatic heterocycles. The minimum atomic E-state index is -0.0155. The van der Waals surface area contributed by atoms with Gasteiger partial charge in [-0.15, -0.1) is 0 Å². The molecule has 0 spiro atoms. The van der Waals surface area contributed by atoms with Gasteiger partial charge in [0, 0.05) is 22.9 Å². The van der Waals surface area contributed by atoms with Crippen molar-refractivity contribution in [2.75, 3.05) is 6.61 Å². The Bertz CT molecular complexity index is 643. The van der Waals surface area contributed by atoms with E-state index in [2.05, 4.69) is 22.0 Å². The summed E-state index contributed by atoms with van der Waals surface area (Å²) in [5, 5.41) is 0. The smallest absolute Gasteiger partial charge is 0.202 e. The van der Waals surface area contributed by atoms with E-state index in [1.807, 2.05) is 13.0 Å². The van der Waals surface area contributed by atoms with Gasteiger partial charge in [0.2, 0.25) is 5.78 Å². The van der Waals surface area contributed by atoms with Crippen molar-refractivity contribution >= 4 is 21.7 Å². The maximum atomic E-state index is 12.2. The van der Waals surface area contributed by atoms with E-state index in [0.29, 0.717) is 18.8 Å². The number of halogens is 1. The van der Waals surface area contributed by atoms with Crippen LogP contribution in [0.15, 0.2) is 33.4 Å². The number of furan rings is 1. The lowest BCUT2D eigenvalue weighted by Gasteiger charge is -2.08. The minimum absolute atomic E-state index is 0.0155. The first kappa shape index (κ1) is 12.5. The zero-order valence-electron chi connectivity index (χ0n) is 10.5. The van der Waals surface area contributed by atoms with Crippen molar-refractivity contribution in [1.82, 2.24) is 0 Å². The summed E-state index contributed by atoms with van der Waals surface area (Å²) in [6.45, 7) is 2.56. The van der Waals surface area contributed by atoms with Crippen LogP contribution in [0, 0.1) is 6.92 Å². The van der Waals surface area contributed by atoms with Gasteiger partial charge in [-0.25, -0.2) is 0 Å². The Hall–Kier alpha value is -1.55. The van der Waals surface area contributed by atoms with Gasteiger partial charge in [0.1, 0.15) is 5.75 Å². The van der Waals surface area contributed by atoms with Crippen LogP contribution in [0.1, 0.15) is 27.2 Å². The van der Waals surface area contributed by atoms with Gasteiger partial charge in [-0.05, 0) is 36.2 Å². The second-order valence-electron chi connectivity index (χ2n) is 4.68. The van der Waals surface area contributed by atoms with E-state index in [1.54, 1.807) is 12.3 Å². The highest BCUT2D eigenvalue weighted by Gasteiger charge is 2.21. The third-order valence-electron chi connectivity index (χ3n) is 3.29. The molecule has 2 heterocycles. The van der Waals surface area contributed by atoms with Gasteiger partial charge in [-0.1, -0.05) is 15.9 Å². The average molecular weight is 321 g/mol. The van der Waals surface area contributed by atoms with Crippen molar-refractivity contribution in [2.24, 2.45) is 0 Å². The molecule has 3 rings (SSSR count). The maximum Gasteiger partial charge on any atom is 0.202 e. The number of carbonyl (C=O) groups is 1. The summed E-state index contributed by atoms with van der Waals surface area (Å²) in [7, 11) is 0. The molecule has 0 atom stereocenters. The molecule has 3 nitrogen and oxygen atoms in total. The summed E-state index contributed by atoms with van der Waals surface area (Å²) >= 11 is 3.48. The molecular weight excluding hydrogens is 308 g/mol. The van der Waals surface area contributed by atoms with Gasteiger partial charge >= 0.3 is 0 Å². The minimum Gasteiger partial charge on any atom is -0.493 e. The van der Waals surface area contributed by atoms with Crippen LogP contribution in [-0.2, 0) is 12.8 Å². The summed E-state index contributed by atoms with van der Waals surface area (Å²) in [5.41, 5.74) is 2.95. The molecule has 1 aromatic heterocycles. The second-order valence-corrected chi connectivity index (χ2v) is 5.60. The molecule has 0 saturated carbocycles. The fourth-order valence-electron chi connectivity index (χ4n) is 2.39. The number of hydrogen-bond acceptors (Lipinski definition) is 3. The third kappa shape index (κ3) is 2.32. The molecular formula is C15H13BrO3. The highest BCUT2D eigenvalue weighted by atomic mass is 79.9. The number of ether oxygens (including phenoxy) is 1. The number of rotatable bonds is 3. The van der Waals surface area contributed by atoms with Crippen molar-refractivity contribution in [3.05, 3.63) is 51.4 Å². The quantitative estimate of drug-likeness (QED) is 0.809. The maximum absolute atomic E-state index is 12.2. The van der Waals surface area contributed by atoms with Crippen molar-refractivity contribution in [3.63, 3.8) is 0 Å². The molecule has 2 aromatic rings. The van der Waals surface area contributed by atoms with Gasteiger partial charge in [0.05, 0.1) is 12.9 Å². The molecule has 0 radical (unpaired) electrons. The van der Waals surface area contributed by atoms with E-state index in [0.717, 1.165) is 33.3 Å². The molecule has 1 aromatic carbocycles. The van der Waals surface area contributed by atoms with Crippen LogP contribution in [0.5, 0.6) is 5.75 Å². The normalized spacial score (nSPS) is 13.2. The van der Waals surface area contributed by atoms with Crippen LogP contribution < -0.4 is 4.74 Å². The lowest BCUT2D eigenvalue weighted by molar-refractivity contribution is 0.0964. The van der Waals surface area contributed by atoms with Gasteiger partial charge in [0.25, 0.3) is 0 Å². The molecule has 1 aliphatic rings. The zero-order chi connectivity index (χ0) is 13.4. The van der Waals surface area contributed by atoms with Gasteiger partial charge in [-0.3, -0.25) is 4.79 Å². The molecule has 0 aliphatic carbocycles. The Morgan fingerprint density at radius 1 is 1.42 bits per heavy atom. The molecule has 0 N–H and O–H groups in total. The number of benzene rings is 1. The Labute approximate surface area is 119 Å². The molecule has 0 bridgehead atoms. The fourth-order valence-corrected chi connectivity index (χ4v) is 2.94. The topological polar surface area (TPSA) is 39.4 Å². The summed E-state index contributed by atoms with van der Waals surface area (Å²) in [5.74, 6) is 1.28. The number of hydrogen-bond donors (Lipinski definition) is 0. The predicted molar refractivity (Wildman–Crippen MR) is 74.8 cm³/mol. The summed E-state index contributed by atoms with van der Waals surface area (Å²) in [6.07, 6.45) is 2.75. The summed E-state index contributed by atoms with van der Waals surface area (Å²) in [6, 6.07) is 5.80. The predicted octanol–water partition coefficient (Wildman–Crippen LogP) is 3.71. The number of carbonyl (C=O) groups excluding carboxylic acids is 1. The third-order valence-corrected chi connectivity index (χ3v) is 3.75. The first-order valence-electron chi connectivity index (χ1n) is 6.16. The Balaban J connectivity index is 1.92. The van der Waals surface area contributed by atoms with Gasteiger partial charge in [-0.2, -0.15) is 0 Å². The monoisotopic (exact) mass is 320 g/mol. The summed E-state index contributed by atoms with van der Waals surface area (Å²) < 4.78 is 11.9. The highest BCUT2D eigenvalue weighted by Crippen LogP contribution is 2.33. The molecule has 0 fully saturated rings.